The first-order chi connectivity index (χ1) is 14.6. The molecule has 0 unspecified atom stereocenters. The largest absolute Gasteiger partial charge is 0.339 e. The average molecular weight is 411 g/mol. The molecule has 2 aromatic rings. The molecule has 160 valence electrons. The van der Waals surface area contributed by atoms with Gasteiger partial charge in [0.1, 0.15) is 12.2 Å². The molecule has 2 saturated heterocycles. The van der Waals surface area contributed by atoms with Crippen molar-refractivity contribution in [1.29, 1.82) is 0 Å². The van der Waals surface area contributed by atoms with Crippen LogP contribution >= 0.6 is 0 Å². The zero-order valence-corrected chi connectivity index (χ0v) is 17.6. The highest BCUT2D eigenvalue weighted by Gasteiger charge is 2.26. The highest BCUT2D eigenvalue weighted by molar-refractivity contribution is 5.94. The molecule has 2 aliphatic rings. The molecule has 1 aromatic carbocycles. The van der Waals surface area contributed by atoms with Crippen LogP contribution in [0.4, 0.5) is 4.79 Å². The minimum Gasteiger partial charge on any atom is -0.339 e. The Morgan fingerprint density at radius 3 is 2.33 bits per heavy atom. The van der Waals surface area contributed by atoms with E-state index < -0.39 is 0 Å². The fourth-order valence-electron chi connectivity index (χ4n) is 4.34. The number of aromatic nitrogens is 3. The van der Waals surface area contributed by atoms with Crippen molar-refractivity contribution in [3.05, 3.63) is 47.5 Å². The van der Waals surface area contributed by atoms with Gasteiger partial charge < -0.3 is 19.7 Å². The van der Waals surface area contributed by atoms with Crippen molar-refractivity contribution in [3.8, 4) is 0 Å². The molecule has 3 amide bonds. The lowest BCUT2D eigenvalue weighted by Crippen LogP contribution is -2.44. The average Bonchev–Trinajstić information content (AvgIpc) is 3.24. The van der Waals surface area contributed by atoms with Gasteiger partial charge in [-0.3, -0.25) is 4.79 Å². The van der Waals surface area contributed by atoms with Crippen LogP contribution in [-0.2, 0) is 13.6 Å². The van der Waals surface area contributed by atoms with Crippen LogP contribution in [0.25, 0.3) is 0 Å². The summed E-state index contributed by atoms with van der Waals surface area (Å²) in [5, 5.41) is 11.2. The molecule has 1 N–H and O–H groups in total. The van der Waals surface area contributed by atoms with E-state index in [-0.39, 0.29) is 11.9 Å². The maximum Gasteiger partial charge on any atom is 0.317 e. The molecule has 1 aromatic heterocycles. The van der Waals surface area contributed by atoms with E-state index in [1.54, 1.807) is 6.33 Å². The number of benzene rings is 1. The first-order valence-electron chi connectivity index (χ1n) is 10.9. The van der Waals surface area contributed by atoms with Gasteiger partial charge in [-0.25, -0.2) is 4.79 Å². The zero-order chi connectivity index (χ0) is 20.9. The van der Waals surface area contributed by atoms with Gasteiger partial charge in [0, 0.05) is 51.3 Å². The van der Waals surface area contributed by atoms with E-state index in [1.165, 1.54) is 6.42 Å². The van der Waals surface area contributed by atoms with Crippen LogP contribution in [0.15, 0.2) is 30.6 Å². The Kier molecular flexibility index (Phi) is 6.30. The minimum absolute atomic E-state index is 0.0418. The molecule has 0 radical (unpaired) electrons. The van der Waals surface area contributed by atoms with E-state index in [0.29, 0.717) is 25.6 Å². The lowest BCUT2D eigenvalue weighted by Gasteiger charge is -2.31. The second-order valence-electron chi connectivity index (χ2n) is 8.27. The van der Waals surface area contributed by atoms with E-state index in [4.69, 9.17) is 0 Å². The fourth-order valence-corrected chi connectivity index (χ4v) is 4.34. The fraction of sp³-hybridized carbons (Fsp3) is 0.545. The highest BCUT2D eigenvalue weighted by atomic mass is 16.2. The van der Waals surface area contributed by atoms with Crippen molar-refractivity contribution in [3.63, 3.8) is 0 Å². The summed E-state index contributed by atoms with van der Waals surface area (Å²) in [5.41, 5.74) is 1.71. The third-order valence-corrected chi connectivity index (χ3v) is 6.18. The van der Waals surface area contributed by atoms with Gasteiger partial charge in [0.25, 0.3) is 5.91 Å². The molecule has 0 aliphatic carbocycles. The molecular weight excluding hydrogens is 380 g/mol. The minimum atomic E-state index is -0.0418. The van der Waals surface area contributed by atoms with Gasteiger partial charge in [-0.1, -0.05) is 12.1 Å². The standard InChI is InChI=1S/C22H30N6O2/c1-26-16-24-25-20(26)18-9-13-28(14-10-18)22(30)23-15-17-5-7-19(8-6-17)21(29)27-11-3-2-4-12-27/h5-8,16,18H,2-4,9-15H2,1H3,(H,23,30). The Labute approximate surface area is 177 Å². The van der Waals surface area contributed by atoms with E-state index in [9.17, 15) is 9.59 Å². The van der Waals surface area contributed by atoms with Gasteiger partial charge in [-0.2, -0.15) is 0 Å². The van der Waals surface area contributed by atoms with Gasteiger partial charge in [0.15, 0.2) is 0 Å². The van der Waals surface area contributed by atoms with Crippen LogP contribution in [0.5, 0.6) is 0 Å². The second-order valence-corrected chi connectivity index (χ2v) is 8.27. The van der Waals surface area contributed by atoms with E-state index in [2.05, 4.69) is 15.5 Å². The van der Waals surface area contributed by atoms with Crippen LogP contribution in [0.1, 0.15) is 59.8 Å². The lowest BCUT2D eigenvalue weighted by atomic mass is 9.96. The summed E-state index contributed by atoms with van der Waals surface area (Å²) in [4.78, 5) is 28.9. The number of hydrogen-bond donors (Lipinski definition) is 1. The predicted octanol–water partition coefficient (Wildman–Crippen LogP) is 2.53. The van der Waals surface area contributed by atoms with Crippen molar-refractivity contribution >= 4 is 11.9 Å². The predicted molar refractivity (Wildman–Crippen MR) is 113 cm³/mol. The Hall–Kier alpha value is -2.90. The molecule has 0 atom stereocenters. The molecule has 0 spiro atoms. The number of aryl methyl sites for hydroxylation is 1. The molecule has 8 heteroatoms. The summed E-state index contributed by atoms with van der Waals surface area (Å²) in [6.45, 7) is 3.59. The van der Waals surface area contributed by atoms with Gasteiger partial charge in [-0.05, 0) is 49.8 Å². The third-order valence-electron chi connectivity index (χ3n) is 6.18. The summed E-state index contributed by atoms with van der Waals surface area (Å²) >= 11 is 0. The van der Waals surface area contributed by atoms with Gasteiger partial charge in [0.2, 0.25) is 0 Å². The van der Waals surface area contributed by atoms with Crippen LogP contribution in [-0.4, -0.2) is 62.7 Å². The van der Waals surface area contributed by atoms with E-state index in [1.807, 2.05) is 45.7 Å². The lowest BCUT2D eigenvalue weighted by molar-refractivity contribution is 0.0724. The van der Waals surface area contributed by atoms with Crippen LogP contribution in [0.3, 0.4) is 0 Å². The van der Waals surface area contributed by atoms with Crippen molar-refractivity contribution < 1.29 is 9.59 Å². The molecule has 2 fully saturated rings. The number of hydrogen-bond acceptors (Lipinski definition) is 4. The molecule has 8 nitrogen and oxygen atoms in total. The van der Waals surface area contributed by atoms with Crippen molar-refractivity contribution in [1.82, 2.24) is 29.9 Å². The number of carbonyl (C=O) groups is 2. The number of urea groups is 1. The smallest absolute Gasteiger partial charge is 0.317 e. The molecule has 0 saturated carbocycles. The van der Waals surface area contributed by atoms with Gasteiger partial charge in [-0.15, -0.1) is 10.2 Å². The molecule has 2 aliphatic heterocycles. The first kappa shape index (κ1) is 20.4. The third kappa shape index (κ3) is 4.63. The number of nitrogens with one attached hydrogen (secondary N) is 1. The number of nitrogens with zero attached hydrogens (tertiary/aromatic N) is 5. The van der Waals surface area contributed by atoms with Crippen LogP contribution < -0.4 is 5.32 Å². The maximum absolute atomic E-state index is 12.6. The highest BCUT2D eigenvalue weighted by Crippen LogP contribution is 2.26. The quantitative estimate of drug-likeness (QED) is 0.840. The summed E-state index contributed by atoms with van der Waals surface area (Å²) < 4.78 is 1.96. The van der Waals surface area contributed by atoms with Crippen LogP contribution in [0.2, 0.25) is 0 Å². The Morgan fingerprint density at radius 1 is 1.00 bits per heavy atom. The van der Waals surface area contributed by atoms with E-state index in [0.717, 1.165) is 55.7 Å². The monoisotopic (exact) mass is 410 g/mol. The van der Waals surface area contributed by atoms with Crippen molar-refractivity contribution in [2.24, 2.45) is 7.05 Å². The Morgan fingerprint density at radius 2 is 1.70 bits per heavy atom. The van der Waals surface area contributed by atoms with Gasteiger partial charge in [0.05, 0.1) is 0 Å². The molecule has 4 rings (SSSR count). The first-order valence-corrected chi connectivity index (χ1v) is 10.9. The number of carbonyl (C=O) groups excluding carboxylic acids is 2. The Bertz CT molecular complexity index is 864. The maximum atomic E-state index is 12.6. The molecular formula is C22H30N6O2. The zero-order valence-electron chi connectivity index (χ0n) is 17.6. The van der Waals surface area contributed by atoms with E-state index >= 15 is 0 Å². The molecule has 3 heterocycles. The van der Waals surface area contributed by atoms with Gasteiger partial charge >= 0.3 is 6.03 Å². The summed E-state index contributed by atoms with van der Waals surface area (Å²) in [7, 11) is 1.96. The summed E-state index contributed by atoms with van der Waals surface area (Å²) in [6, 6.07) is 7.55. The SMILES string of the molecule is Cn1cnnc1C1CCN(C(=O)NCc2ccc(C(=O)N3CCCCC3)cc2)CC1. The Balaban J connectivity index is 1.24. The number of piperidine rings is 2. The van der Waals surface area contributed by atoms with Crippen molar-refractivity contribution in [2.45, 2.75) is 44.6 Å². The topological polar surface area (TPSA) is 83.4 Å². The summed E-state index contributed by atoms with van der Waals surface area (Å²) in [5.74, 6) is 1.46. The molecule has 30 heavy (non-hydrogen) atoms. The normalized spacial score (nSPS) is 17.8. The number of likely N-dealkylation sites (tertiary alicyclic amines) is 2. The number of rotatable bonds is 4. The van der Waals surface area contributed by atoms with Crippen LogP contribution in [0, 0.1) is 0 Å². The second kappa shape index (κ2) is 9.28. The summed E-state index contributed by atoms with van der Waals surface area (Å²) in [6.07, 6.45) is 6.90. The van der Waals surface area contributed by atoms with Crippen molar-refractivity contribution in [2.75, 3.05) is 26.2 Å². The number of amides is 3. The molecule has 0 bridgehead atoms.